The van der Waals surface area contributed by atoms with Gasteiger partial charge in [0.05, 0.1) is 11.1 Å². The van der Waals surface area contributed by atoms with Crippen molar-refractivity contribution in [3.8, 4) is 0 Å². The van der Waals surface area contributed by atoms with Crippen LogP contribution in [0, 0.1) is 5.92 Å². The summed E-state index contributed by atoms with van der Waals surface area (Å²) in [5, 5.41) is 16.0. The van der Waals surface area contributed by atoms with Crippen LogP contribution in [0.4, 0.5) is 0 Å². The van der Waals surface area contributed by atoms with Gasteiger partial charge in [-0.15, -0.1) is 12.4 Å². The van der Waals surface area contributed by atoms with Gasteiger partial charge >= 0.3 is 0 Å². The molecule has 2 atom stereocenters. The second kappa shape index (κ2) is 6.43. The Morgan fingerprint density at radius 2 is 2.39 bits per heavy atom. The van der Waals surface area contributed by atoms with Gasteiger partial charge in [-0.05, 0) is 6.07 Å². The first kappa shape index (κ1) is 15.3. The summed E-state index contributed by atoms with van der Waals surface area (Å²) in [7, 11) is 1.77. The summed E-state index contributed by atoms with van der Waals surface area (Å²) in [5.74, 6) is -0.0896. The average molecular weight is 294 g/mol. The molecule has 0 saturated carbocycles. The quantitative estimate of drug-likeness (QED) is 0.756. The van der Waals surface area contributed by atoms with E-state index in [4.69, 9.17) is 11.6 Å². The number of carbonyl (C=O) groups is 1. The smallest absolute Gasteiger partial charge is 0.267 e. The van der Waals surface area contributed by atoms with E-state index < -0.39 is 0 Å². The molecule has 1 saturated heterocycles. The van der Waals surface area contributed by atoms with E-state index in [0.29, 0.717) is 23.8 Å². The first-order chi connectivity index (χ1) is 8.08. The van der Waals surface area contributed by atoms with Crippen molar-refractivity contribution >= 4 is 29.9 Å². The molecule has 1 amide bonds. The molecule has 2 rings (SSSR count). The largest absolute Gasteiger partial charge is 0.391 e. The van der Waals surface area contributed by atoms with E-state index in [-0.39, 0.29) is 30.3 Å². The summed E-state index contributed by atoms with van der Waals surface area (Å²) >= 11 is 5.81. The second-order valence-corrected chi connectivity index (χ2v) is 4.79. The molecule has 1 fully saturated rings. The third-order valence-electron chi connectivity index (χ3n) is 3.03. The number of aliphatic hydroxyl groups excluding tert-OH is 1. The monoisotopic (exact) mass is 293 g/mol. The lowest BCUT2D eigenvalue weighted by Gasteiger charge is -2.14. The van der Waals surface area contributed by atoms with E-state index in [1.165, 1.54) is 0 Å². The number of β-amino-alcohol motifs (C(OH)–C–C–N with tert-alkyl or cyclic N) is 1. The third kappa shape index (κ3) is 3.38. The van der Waals surface area contributed by atoms with Crippen LogP contribution >= 0.6 is 24.0 Å². The number of aryl methyl sites for hydroxylation is 1. The first-order valence-electron chi connectivity index (χ1n) is 5.57. The molecule has 0 radical (unpaired) electrons. The molecule has 5 nitrogen and oxygen atoms in total. The molecule has 18 heavy (non-hydrogen) atoms. The summed E-state index contributed by atoms with van der Waals surface area (Å²) in [6, 6.07) is 1.63. The van der Waals surface area contributed by atoms with Gasteiger partial charge in [0, 0.05) is 38.8 Å². The van der Waals surface area contributed by atoms with E-state index in [2.05, 4.69) is 10.6 Å². The zero-order valence-corrected chi connectivity index (χ0v) is 11.6. The summed E-state index contributed by atoms with van der Waals surface area (Å²) in [5.41, 5.74) is 0.524. The van der Waals surface area contributed by atoms with Crippen molar-refractivity contribution in [3.05, 3.63) is 23.0 Å². The predicted molar refractivity (Wildman–Crippen MR) is 72.4 cm³/mol. The Morgan fingerprint density at radius 1 is 1.67 bits per heavy atom. The summed E-state index contributed by atoms with van der Waals surface area (Å²) in [4.78, 5) is 11.8. The van der Waals surface area contributed by atoms with Crippen LogP contribution in [0.15, 0.2) is 12.3 Å². The van der Waals surface area contributed by atoms with Crippen LogP contribution in [-0.4, -0.2) is 41.3 Å². The highest BCUT2D eigenvalue weighted by Gasteiger charge is 2.25. The number of amides is 1. The van der Waals surface area contributed by atoms with Gasteiger partial charge in [0.1, 0.15) is 5.69 Å². The fraction of sp³-hybridized carbons (Fsp3) is 0.545. The Hall–Kier alpha value is -0.750. The zero-order valence-electron chi connectivity index (χ0n) is 10.0. The summed E-state index contributed by atoms with van der Waals surface area (Å²) < 4.78 is 1.68. The van der Waals surface area contributed by atoms with Gasteiger partial charge in [-0.25, -0.2) is 0 Å². The topological polar surface area (TPSA) is 66.3 Å². The number of halogens is 2. The lowest BCUT2D eigenvalue weighted by Crippen LogP contribution is -2.35. The summed E-state index contributed by atoms with van der Waals surface area (Å²) in [6.45, 7) is 1.79. The van der Waals surface area contributed by atoms with Gasteiger partial charge in [-0.3, -0.25) is 4.79 Å². The number of hydrogen-bond acceptors (Lipinski definition) is 3. The van der Waals surface area contributed by atoms with Crippen molar-refractivity contribution < 1.29 is 9.90 Å². The Kier molecular flexibility index (Phi) is 5.47. The molecule has 1 aromatic rings. The number of nitrogens with one attached hydrogen (secondary N) is 2. The van der Waals surface area contributed by atoms with Crippen LogP contribution in [0.5, 0.6) is 0 Å². The van der Waals surface area contributed by atoms with Crippen molar-refractivity contribution in [1.29, 1.82) is 0 Å². The zero-order chi connectivity index (χ0) is 12.4. The molecule has 2 unspecified atom stereocenters. The number of aromatic nitrogens is 1. The van der Waals surface area contributed by atoms with Crippen molar-refractivity contribution in [2.45, 2.75) is 6.10 Å². The van der Waals surface area contributed by atoms with Crippen LogP contribution in [0.3, 0.4) is 0 Å². The molecule has 0 aliphatic carbocycles. The normalized spacial score (nSPS) is 22.6. The second-order valence-electron chi connectivity index (χ2n) is 4.35. The molecular formula is C11H17Cl2N3O2. The Labute approximate surface area is 117 Å². The van der Waals surface area contributed by atoms with Crippen LogP contribution in [0.1, 0.15) is 10.5 Å². The highest BCUT2D eigenvalue weighted by Crippen LogP contribution is 2.13. The maximum Gasteiger partial charge on any atom is 0.267 e. The Balaban J connectivity index is 0.00000162. The minimum Gasteiger partial charge on any atom is -0.391 e. The molecule has 3 N–H and O–H groups in total. The SMILES string of the molecule is Cl.Cn1cc(Cl)cc1C(=O)NCC1CNCC1O. The fourth-order valence-electron chi connectivity index (χ4n) is 1.99. The van der Waals surface area contributed by atoms with Gasteiger partial charge in [0.15, 0.2) is 0 Å². The van der Waals surface area contributed by atoms with Crippen molar-refractivity contribution in [2.24, 2.45) is 13.0 Å². The minimum atomic E-state index is -0.382. The van der Waals surface area contributed by atoms with Gasteiger partial charge in [0.2, 0.25) is 0 Å². The Bertz CT molecular complexity index is 422. The number of nitrogens with zero attached hydrogens (tertiary/aromatic N) is 1. The molecule has 102 valence electrons. The van der Waals surface area contributed by atoms with E-state index in [9.17, 15) is 9.90 Å². The number of aliphatic hydroxyl groups is 1. The van der Waals surface area contributed by atoms with Crippen molar-refractivity contribution in [3.63, 3.8) is 0 Å². The standard InChI is InChI=1S/C11H16ClN3O2.ClH/c1-15-6-8(12)2-9(15)11(17)14-4-7-3-13-5-10(7)16;/h2,6-7,10,13,16H,3-5H2,1H3,(H,14,17);1H. The van der Waals surface area contributed by atoms with Gasteiger partial charge < -0.3 is 20.3 Å². The van der Waals surface area contributed by atoms with Crippen molar-refractivity contribution in [2.75, 3.05) is 19.6 Å². The molecular weight excluding hydrogens is 277 g/mol. The maximum atomic E-state index is 11.8. The average Bonchev–Trinajstić information content (AvgIpc) is 2.81. The molecule has 7 heteroatoms. The maximum absolute atomic E-state index is 11.8. The van der Waals surface area contributed by atoms with Gasteiger partial charge in [-0.1, -0.05) is 11.6 Å². The van der Waals surface area contributed by atoms with Gasteiger partial charge in [0.25, 0.3) is 5.91 Å². The van der Waals surface area contributed by atoms with E-state index in [0.717, 1.165) is 6.54 Å². The summed E-state index contributed by atoms with van der Waals surface area (Å²) in [6.07, 6.45) is 1.30. The minimum absolute atomic E-state index is 0. The van der Waals surface area contributed by atoms with E-state index in [1.54, 1.807) is 23.9 Å². The molecule has 1 aliphatic heterocycles. The highest BCUT2D eigenvalue weighted by atomic mass is 35.5. The molecule has 2 heterocycles. The van der Waals surface area contributed by atoms with Crippen LogP contribution in [0.2, 0.25) is 5.02 Å². The van der Waals surface area contributed by atoms with E-state index >= 15 is 0 Å². The third-order valence-corrected chi connectivity index (χ3v) is 3.24. The molecule has 0 spiro atoms. The lowest BCUT2D eigenvalue weighted by molar-refractivity contribution is 0.0919. The molecule has 0 bridgehead atoms. The van der Waals surface area contributed by atoms with Crippen LogP contribution < -0.4 is 10.6 Å². The van der Waals surface area contributed by atoms with Crippen LogP contribution in [-0.2, 0) is 7.05 Å². The van der Waals surface area contributed by atoms with Crippen LogP contribution in [0.25, 0.3) is 0 Å². The number of carbonyl (C=O) groups excluding carboxylic acids is 1. The van der Waals surface area contributed by atoms with Crippen molar-refractivity contribution in [1.82, 2.24) is 15.2 Å². The van der Waals surface area contributed by atoms with Gasteiger partial charge in [-0.2, -0.15) is 0 Å². The molecule has 1 aromatic heterocycles. The Morgan fingerprint density at radius 3 is 2.89 bits per heavy atom. The number of rotatable bonds is 3. The fourth-order valence-corrected chi connectivity index (χ4v) is 2.24. The van der Waals surface area contributed by atoms with E-state index in [1.807, 2.05) is 0 Å². The number of hydrogen-bond donors (Lipinski definition) is 3. The molecule has 0 aromatic carbocycles. The lowest BCUT2D eigenvalue weighted by atomic mass is 10.1. The highest BCUT2D eigenvalue weighted by molar-refractivity contribution is 6.31. The molecule has 1 aliphatic rings. The predicted octanol–water partition coefficient (Wildman–Crippen LogP) is 0.410. The first-order valence-corrected chi connectivity index (χ1v) is 5.94.